The van der Waals surface area contributed by atoms with Gasteiger partial charge in [0.2, 0.25) is 0 Å². The average Bonchev–Trinajstić information content (AvgIpc) is 2.60. The van der Waals surface area contributed by atoms with Crippen LogP contribution in [0.1, 0.15) is 22.3 Å². The third-order valence-corrected chi connectivity index (χ3v) is 4.19. The summed E-state index contributed by atoms with van der Waals surface area (Å²) < 4.78 is 90.9. The van der Waals surface area contributed by atoms with Crippen LogP contribution in [0, 0.1) is 5.82 Å². The van der Waals surface area contributed by atoms with Crippen LogP contribution < -0.4 is 5.73 Å². The van der Waals surface area contributed by atoms with Gasteiger partial charge in [-0.1, -0.05) is 42.1 Å². The number of thioether (sulfide) groups is 1. The van der Waals surface area contributed by atoms with Gasteiger partial charge in [-0.2, -0.15) is 31.4 Å². The van der Waals surface area contributed by atoms with Crippen LogP contribution in [0.15, 0.2) is 52.7 Å². The molecule has 0 saturated heterocycles. The van der Waals surface area contributed by atoms with Gasteiger partial charge < -0.3 is 5.73 Å². The molecule has 0 aromatic heterocycles. The van der Waals surface area contributed by atoms with E-state index >= 15 is 0 Å². The molecule has 0 spiro atoms. The fourth-order valence-corrected chi connectivity index (χ4v) is 2.66. The first-order chi connectivity index (χ1) is 13.0. The van der Waals surface area contributed by atoms with E-state index in [9.17, 15) is 30.7 Å². The molecule has 2 N–H and O–H groups in total. The monoisotopic (exact) mass is 423 g/mol. The normalized spacial score (nSPS) is 13.3. The van der Waals surface area contributed by atoms with E-state index in [4.69, 9.17) is 5.73 Å². The Kier molecular flexibility index (Phi) is 6.70. The van der Waals surface area contributed by atoms with Crippen LogP contribution in [0.2, 0.25) is 0 Å². The molecule has 150 valence electrons. The van der Waals surface area contributed by atoms with Crippen molar-refractivity contribution < 1.29 is 30.7 Å². The van der Waals surface area contributed by atoms with E-state index in [-0.39, 0.29) is 17.3 Å². The Morgan fingerprint density at radius 2 is 1.64 bits per heavy atom. The maximum atomic E-state index is 13.9. The average molecular weight is 423 g/mol. The molecule has 0 saturated carbocycles. The lowest BCUT2D eigenvalue weighted by molar-refractivity contribution is -0.143. The van der Waals surface area contributed by atoms with Gasteiger partial charge in [0.15, 0.2) is 5.17 Å². The zero-order valence-corrected chi connectivity index (χ0v) is 14.7. The summed E-state index contributed by atoms with van der Waals surface area (Å²) in [4.78, 5) is 0. The predicted octanol–water partition coefficient (Wildman–Crippen LogP) is 5.45. The molecular weight excluding hydrogens is 411 g/mol. The Morgan fingerprint density at radius 1 is 1.00 bits per heavy atom. The van der Waals surface area contributed by atoms with Crippen LogP contribution in [0.3, 0.4) is 0 Å². The Hall–Kier alpha value is -2.56. The largest absolute Gasteiger partial charge is 0.417 e. The molecule has 0 heterocycles. The Morgan fingerprint density at radius 3 is 2.21 bits per heavy atom. The third kappa shape index (κ3) is 5.98. The van der Waals surface area contributed by atoms with Crippen molar-refractivity contribution in [1.82, 2.24) is 0 Å². The lowest BCUT2D eigenvalue weighted by Crippen LogP contribution is -2.15. The van der Waals surface area contributed by atoms with Crippen LogP contribution >= 0.6 is 11.8 Å². The first-order valence-corrected chi connectivity index (χ1v) is 8.48. The summed E-state index contributed by atoms with van der Waals surface area (Å²) >= 11 is 1.03. The van der Waals surface area contributed by atoms with E-state index in [0.29, 0.717) is 12.0 Å². The van der Waals surface area contributed by atoms with Crippen LogP contribution in [0.25, 0.3) is 0 Å². The second-order valence-corrected chi connectivity index (χ2v) is 6.37. The van der Waals surface area contributed by atoms with Crippen molar-refractivity contribution in [2.45, 2.75) is 18.1 Å². The summed E-state index contributed by atoms with van der Waals surface area (Å²) in [6.45, 7) is 0. The van der Waals surface area contributed by atoms with Crippen molar-refractivity contribution in [1.29, 1.82) is 0 Å². The first-order valence-electron chi connectivity index (χ1n) is 7.49. The summed E-state index contributed by atoms with van der Waals surface area (Å²) in [7, 11) is 0. The Balaban J connectivity index is 2.24. The number of nitrogens with zero attached hydrogens (tertiary/aromatic N) is 2. The second kappa shape index (κ2) is 8.63. The standard InChI is InChI=1S/C17H12F7N3S/c18-14-7-11(16(19,20)21)6-13(17(22,23)24)12(14)8-26-27-15(25)28-9-10-4-2-1-3-5-10/h1-8H,9H2,(H2,25,27). The summed E-state index contributed by atoms with van der Waals surface area (Å²) in [5.74, 6) is -1.31. The van der Waals surface area contributed by atoms with Gasteiger partial charge in [-0.25, -0.2) is 4.39 Å². The van der Waals surface area contributed by atoms with E-state index in [1.54, 1.807) is 12.1 Å². The fourth-order valence-electron chi connectivity index (χ4n) is 2.05. The highest BCUT2D eigenvalue weighted by Gasteiger charge is 2.39. The van der Waals surface area contributed by atoms with Gasteiger partial charge in [0.05, 0.1) is 17.3 Å². The molecule has 0 unspecified atom stereocenters. The van der Waals surface area contributed by atoms with E-state index in [1.165, 1.54) is 0 Å². The predicted molar refractivity (Wildman–Crippen MR) is 93.4 cm³/mol. The van der Waals surface area contributed by atoms with Crippen molar-refractivity contribution in [2.24, 2.45) is 15.9 Å². The van der Waals surface area contributed by atoms with Crippen LogP contribution in [0.4, 0.5) is 30.7 Å². The molecule has 2 rings (SSSR count). The van der Waals surface area contributed by atoms with Crippen LogP contribution in [-0.2, 0) is 18.1 Å². The molecule has 0 aliphatic rings. The minimum atomic E-state index is -5.22. The smallest absolute Gasteiger partial charge is 0.377 e. The molecule has 0 radical (unpaired) electrons. The zero-order valence-electron chi connectivity index (χ0n) is 13.9. The Labute approximate surface area is 159 Å². The number of benzene rings is 2. The van der Waals surface area contributed by atoms with E-state index < -0.39 is 34.9 Å². The van der Waals surface area contributed by atoms with Crippen LogP contribution in [-0.4, -0.2) is 11.4 Å². The summed E-state index contributed by atoms with van der Waals surface area (Å²) in [5.41, 5.74) is 1.74. The molecule has 2 aromatic rings. The molecule has 0 amide bonds. The van der Waals surface area contributed by atoms with Crippen molar-refractivity contribution in [3.63, 3.8) is 0 Å². The maximum absolute atomic E-state index is 13.9. The number of amidine groups is 1. The highest BCUT2D eigenvalue weighted by atomic mass is 32.2. The molecule has 0 bridgehead atoms. The van der Waals surface area contributed by atoms with Crippen molar-refractivity contribution in [3.05, 3.63) is 70.5 Å². The molecule has 0 aliphatic heterocycles. The van der Waals surface area contributed by atoms with Gasteiger partial charge in [-0.15, -0.1) is 5.10 Å². The molecule has 3 nitrogen and oxygen atoms in total. The zero-order chi connectivity index (χ0) is 20.9. The van der Waals surface area contributed by atoms with Crippen molar-refractivity contribution >= 4 is 23.1 Å². The lowest BCUT2D eigenvalue weighted by atomic mass is 10.0. The van der Waals surface area contributed by atoms with Crippen molar-refractivity contribution in [2.75, 3.05) is 0 Å². The van der Waals surface area contributed by atoms with Crippen molar-refractivity contribution in [3.8, 4) is 0 Å². The summed E-state index contributed by atoms with van der Waals surface area (Å²) in [5, 5.41) is 6.61. The highest BCUT2D eigenvalue weighted by Crippen LogP contribution is 2.38. The van der Waals surface area contributed by atoms with Gasteiger partial charge >= 0.3 is 12.4 Å². The number of alkyl halides is 6. The minimum Gasteiger partial charge on any atom is -0.377 e. The highest BCUT2D eigenvalue weighted by molar-refractivity contribution is 8.13. The van der Waals surface area contributed by atoms with Gasteiger partial charge in [0.1, 0.15) is 5.82 Å². The number of halogens is 7. The van der Waals surface area contributed by atoms with E-state index in [2.05, 4.69) is 10.2 Å². The molecule has 0 aliphatic carbocycles. The van der Waals surface area contributed by atoms with Gasteiger partial charge in [0.25, 0.3) is 0 Å². The van der Waals surface area contributed by atoms with Gasteiger partial charge in [-0.3, -0.25) is 0 Å². The summed E-state index contributed by atoms with van der Waals surface area (Å²) in [6.07, 6.45) is -9.97. The fraction of sp³-hybridized carbons (Fsp3) is 0.176. The molecular formula is C17H12F7N3S. The number of hydrogen-bond acceptors (Lipinski definition) is 3. The first kappa shape index (κ1) is 21.7. The molecule has 11 heteroatoms. The molecule has 0 atom stereocenters. The molecule has 2 aromatic carbocycles. The maximum Gasteiger partial charge on any atom is 0.417 e. The minimum absolute atomic E-state index is 0.0339. The topological polar surface area (TPSA) is 50.7 Å². The SMILES string of the molecule is NC(=NN=Cc1c(F)cc(C(F)(F)F)cc1C(F)(F)F)SCc1ccccc1. The number of nitrogens with two attached hydrogens (primary N) is 1. The van der Waals surface area contributed by atoms with Gasteiger partial charge in [-0.05, 0) is 17.7 Å². The Bertz CT molecular complexity index is 875. The number of hydrogen-bond donors (Lipinski definition) is 1. The lowest BCUT2D eigenvalue weighted by Gasteiger charge is -2.14. The molecule has 0 fully saturated rings. The number of rotatable bonds is 4. The van der Waals surface area contributed by atoms with E-state index in [0.717, 1.165) is 17.3 Å². The third-order valence-electron chi connectivity index (χ3n) is 3.33. The molecule has 28 heavy (non-hydrogen) atoms. The van der Waals surface area contributed by atoms with E-state index in [1.807, 2.05) is 18.2 Å². The second-order valence-electron chi connectivity index (χ2n) is 5.37. The quantitative estimate of drug-likeness (QED) is 0.308. The van der Waals surface area contributed by atoms with Crippen LogP contribution in [0.5, 0.6) is 0 Å². The summed E-state index contributed by atoms with van der Waals surface area (Å²) in [6, 6.07) is 8.83. The van der Waals surface area contributed by atoms with Gasteiger partial charge in [0, 0.05) is 11.3 Å².